The minimum Gasteiger partial charge on any atom is -0.384 e. The van der Waals surface area contributed by atoms with Crippen LogP contribution in [-0.4, -0.2) is 19.5 Å². The van der Waals surface area contributed by atoms with Gasteiger partial charge in [-0.15, -0.1) is 0 Å². The number of aryl methyl sites for hydroxylation is 1. The number of Topliss-reactive ketones (excluding diaryl/α,β-unsaturated/α-hetero) is 1. The summed E-state index contributed by atoms with van der Waals surface area (Å²) in [5.74, 6) is 0.482. The maximum Gasteiger partial charge on any atom is 0.163 e. The summed E-state index contributed by atoms with van der Waals surface area (Å²) in [4.78, 5) is 11.9. The van der Waals surface area contributed by atoms with Gasteiger partial charge in [0.25, 0.3) is 0 Å². The number of ether oxygens (including phenoxy) is 1. The molecule has 0 N–H and O–H groups in total. The number of benzene rings is 1. The van der Waals surface area contributed by atoms with Crippen LogP contribution in [-0.2, 0) is 11.2 Å². The van der Waals surface area contributed by atoms with Crippen molar-refractivity contribution in [2.24, 2.45) is 5.92 Å². The Balaban J connectivity index is 2.59. The van der Waals surface area contributed by atoms with Crippen LogP contribution < -0.4 is 0 Å². The molecule has 0 heterocycles. The van der Waals surface area contributed by atoms with E-state index in [0.29, 0.717) is 13.0 Å². The lowest BCUT2D eigenvalue weighted by Crippen LogP contribution is -2.10. The first kappa shape index (κ1) is 12.9. The highest BCUT2D eigenvalue weighted by molar-refractivity contribution is 5.96. The molecular weight excluding hydrogens is 200 g/mol. The molecule has 0 radical (unpaired) electrons. The molecule has 0 saturated carbocycles. The molecule has 1 rings (SSSR count). The SMILES string of the molecule is CCc1ccc(C(=O)CC(C)COC)cc1. The second-order valence-corrected chi connectivity index (χ2v) is 4.24. The third-order valence-electron chi connectivity index (χ3n) is 2.67. The van der Waals surface area contributed by atoms with Crippen LogP contribution in [0.25, 0.3) is 0 Å². The standard InChI is InChI=1S/C14H20O2/c1-4-12-5-7-13(8-6-12)14(15)9-11(2)10-16-3/h5-8,11H,4,9-10H2,1-3H3. The van der Waals surface area contributed by atoms with E-state index in [2.05, 4.69) is 6.92 Å². The van der Waals surface area contributed by atoms with Crippen LogP contribution >= 0.6 is 0 Å². The van der Waals surface area contributed by atoms with Gasteiger partial charge in [0.15, 0.2) is 5.78 Å². The van der Waals surface area contributed by atoms with Gasteiger partial charge >= 0.3 is 0 Å². The highest BCUT2D eigenvalue weighted by Gasteiger charge is 2.10. The third-order valence-corrected chi connectivity index (χ3v) is 2.67. The number of carbonyl (C=O) groups is 1. The molecule has 1 aromatic rings. The minimum absolute atomic E-state index is 0.201. The van der Waals surface area contributed by atoms with Crippen molar-refractivity contribution < 1.29 is 9.53 Å². The van der Waals surface area contributed by atoms with Crippen molar-refractivity contribution in [2.75, 3.05) is 13.7 Å². The van der Waals surface area contributed by atoms with Gasteiger partial charge in [0.2, 0.25) is 0 Å². The molecule has 2 heteroatoms. The first-order chi connectivity index (χ1) is 7.67. The summed E-state index contributed by atoms with van der Waals surface area (Å²) in [6.45, 7) is 4.78. The molecule has 0 aliphatic heterocycles. The lowest BCUT2D eigenvalue weighted by molar-refractivity contribution is 0.0920. The van der Waals surface area contributed by atoms with Gasteiger partial charge in [-0.2, -0.15) is 0 Å². The maximum atomic E-state index is 11.9. The zero-order valence-corrected chi connectivity index (χ0v) is 10.3. The fourth-order valence-corrected chi connectivity index (χ4v) is 1.70. The molecule has 0 aromatic heterocycles. The number of methoxy groups -OCH3 is 1. The molecule has 0 bridgehead atoms. The molecule has 0 aliphatic rings. The van der Waals surface area contributed by atoms with Gasteiger partial charge in [-0.05, 0) is 17.9 Å². The molecule has 16 heavy (non-hydrogen) atoms. The summed E-state index contributed by atoms with van der Waals surface area (Å²) in [5, 5.41) is 0. The Labute approximate surface area is 97.6 Å². The number of hydrogen-bond acceptors (Lipinski definition) is 2. The predicted octanol–water partition coefficient (Wildman–Crippen LogP) is 3.10. The Morgan fingerprint density at radius 2 is 1.94 bits per heavy atom. The van der Waals surface area contributed by atoms with Crippen molar-refractivity contribution in [3.63, 3.8) is 0 Å². The summed E-state index contributed by atoms with van der Waals surface area (Å²) in [6.07, 6.45) is 1.56. The Morgan fingerprint density at radius 1 is 1.31 bits per heavy atom. The van der Waals surface area contributed by atoms with Crippen LogP contribution in [0, 0.1) is 5.92 Å². The molecule has 1 aromatic carbocycles. The lowest BCUT2D eigenvalue weighted by Gasteiger charge is -2.09. The van der Waals surface area contributed by atoms with Crippen LogP contribution in [0.5, 0.6) is 0 Å². The summed E-state index contributed by atoms with van der Waals surface area (Å²) in [5.41, 5.74) is 2.07. The van der Waals surface area contributed by atoms with E-state index in [0.717, 1.165) is 12.0 Å². The van der Waals surface area contributed by atoms with Crippen molar-refractivity contribution in [3.8, 4) is 0 Å². The van der Waals surface area contributed by atoms with Crippen LogP contribution in [0.3, 0.4) is 0 Å². The van der Waals surface area contributed by atoms with E-state index in [1.165, 1.54) is 5.56 Å². The molecular formula is C14H20O2. The first-order valence-electron chi connectivity index (χ1n) is 5.78. The van der Waals surface area contributed by atoms with Crippen molar-refractivity contribution in [3.05, 3.63) is 35.4 Å². The lowest BCUT2D eigenvalue weighted by atomic mass is 9.99. The highest BCUT2D eigenvalue weighted by atomic mass is 16.5. The molecule has 0 aliphatic carbocycles. The molecule has 0 amide bonds. The van der Waals surface area contributed by atoms with Crippen molar-refractivity contribution >= 4 is 5.78 Å². The van der Waals surface area contributed by atoms with E-state index in [-0.39, 0.29) is 11.7 Å². The van der Waals surface area contributed by atoms with Crippen molar-refractivity contribution in [1.82, 2.24) is 0 Å². The average Bonchev–Trinajstić information content (AvgIpc) is 2.29. The predicted molar refractivity (Wildman–Crippen MR) is 65.8 cm³/mol. The zero-order valence-electron chi connectivity index (χ0n) is 10.3. The fourth-order valence-electron chi connectivity index (χ4n) is 1.70. The summed E-state index contributed by atoms with van der Waals surface area (Å²) in [7, 11) is 1.66. The van der Waals surface area contributed by atoms with Gasteiger partial charge in [0.05, 0.1) is 0 Å². The van der Waals surface area contributed by atoms with Crippen LogP contribution in [0.15, 0.2) is 24.3 Å². The topological polar surface area (TPSA) is 26.3 Å². The second-order valence-electron chi connectivity index (χ2n) is 4.24. The molecule has 0 spiro atoms. The summed E-state index contributed by atoms with van der Waals surface area (Å²) < 4.78 is 5.02. The number of hydrogen-bond donors (Lipinski definition) is 0. The normalized spacial score (nSPS) is 12.4. The summed E-state index contributed by atoms with van der Waals surface area (Å²) >= 11 is 0. The maximum absolute atomic E-state index is 11.9. The van der Waals surface area contributed by atoms with E-state index in [1.54, 1.807) is 7.11 Å². The number of rotatable bonds is 6. The molecule has 1 unspecified atom stereocenters. The molecule has 0 saturated heterocycles. The Morgan fingerprint density at radius 3 is 2.44 bits per heavy atom. The Kier molecular flexibility index (Phi) is 5.20. The third kappa shape index (κ3) is 3.78. The zero-order chi connectivity index (χ0) is 12.0. The Hall–Kier alpha value is -1.15. The van der Waals surface area contributed by atoms with Crippen molar-refractivity contribution in [1.29, 1.82) is 0 Å². The molecule has 2 nitrogen and oxygen atoms in total. The van der Waals surface area contributed by atoms with Crippen LogP contribution in [0.1, 0.15) is 36.2 Å². The van der Waals surface area contributed by atoms with Gasteiger partial charge in [-0.3, -0.25) is 4.79 Å². The second kappa shape index (κ2) is 6.44. The minimum atomic E-state index is 0.201. The van der Waals surface area contributed by atoms with Gasteiger partial charge < -0.3 is 4.74 Å². The van der Waals surface area contributed by atoms with Gasteiger partial charge in [0.1, 0.15) is 0 Å². The molecule has 1 atom stereocenters. The highest BCUT2D eigenvalue weighted by Crippen LogP contribution is 2.11. The van der Waals surface area contributed by atoms with E-state index < -0.39 is 0 Å². The van der Waals surface area contributed by atoms with E-state index in [4.69, 9.17) is 4.74 Å². The quantitative estimate of drug-likeness (QED) is 0.689. The van der Waals surface area contributed by atoms with E-state index in [9.17, 15) is 4.79 Å². The van der Waals surface area contributed by atoms with Crippen molar-refractivity contribution in [2.45, 2.75) is 26.7 Å². The Bertz CT molecular complexity index is 327. The van der Waals surface area contributed by atoms with Crippen LogP contribution in [0.2, 0.25) is 0 Å². The van der Waals surface area contributed by atoms with Crippen LogP contribution in [0.4, 0.5) is 0 Å². The smallest absolute Gasteiger partial charge is 0.163 e. The molecule has 0 fully saturated rings. The van der Waals surface area contributed by atoms with E-state index >= 15 is 0 Å². The number of carbonyl (C=O) groups excluding carboxylic acids is 1. The molecule has 88 valence electrons. The van der Waals surface area contributed by atoms with Gasteiger partial charge in [0, 0.05) is 25.7 Å². The first-order valence-corrected chi connectivity index (χ1v) is 5.78. The average molecular weight is 220 g/mol. The largest absolute Gasteiger partial charge is 0.384 e. The number of ketones is 1. The summed E-state index contributed by atoms with van der Waals surface area (Å²) in [6, 6.07) is 7.88. The fraction of sp³-hybridized carbons (Fsp3) is 0.500. The van der Waals surface area contributed by atoms with Gasteiger partial charge in [-0.25, -0.2) is 0 Å². The van der Waals surface area contributed by atoms with E-state index in [1.807, 2.05) is 31.2 Å². The monoisotopic (exact) mass is 220 g/mol. The van der Waals surface area contributed by atoms with Gasteiger partial charge in [-0.1, -0.05) is 38.1 Å².